The van der Waals surface area contributed by atoms with Crippen molar-refractivity contribution in [2.24, 2.45) is 0 Å². The summed E-state index contributed by atoms with van der Waals surface area (Å²) in [5.74, 6) is 0.910. The van der Waals surface area contributed by atoms with E-state index in [4.69, 9.17) is 0 Å². The highest BCUT2D eigenvalue weighted by atomic mass is 16.3. The normalized spacial score (nSPS) is 13.4. The zero-order chi connectivity index (χ0) is 11.3. The van der Waals surface area contributed by atoms with Gasteiger partial charge in [-0.25, -0.2) is 9.67 Å². The smallest absolute Gasteiger partial charge is 0.141 e. The molecule has 1 aromatic rings. The average Bonchev–Trinajstić information content (AvgIpc) is 2.65. The zero-order valence-electron chi connectivity index (χ0n) is 9.64. The Kier molecular flexibility index (Phi) is 4.71. The Hall–Kier alpha value is -0.940. The first kappa shape index (κ1) is 12.1. The van der Waals surface area contributed by atoms with E-state index < -0.39 is 0 Å². The van der Waals surface area contributed by atoms with Crippen molar-refractivity contribution in [1.29, 1.82) is 0 Å². The summed E-state index contributed by atoms with van der Waals surface area (Å²) in [4.78, 5) is 4.17. The van der Waals surface area contributed by atoms with Crippen molar-refractivity contribution in [2.75, 3.05) is 6.54 Å². The molecule has 1 aromatic heterocycles. The fourth-order valence-corrected chi connectivity index (χ4v) is 1.33. The maximum atomic E-state index is 9.36. The third kappa shape index (κ3) is 3.60. The molecule has 15 heavy (non-hydrogen) atoms. The van der Waals surface area contributed by atoms with Gasteiger partial charge in [0.15, 0.2) is 0 Å². The highest BCUT2D eigenvalue weighted by Crippen LogP contribution is 2.04. The Bertz CT molecular complexity index is 285. The van der Waals surface area contributed by atoms with E-state index in [0.717, 1.165) is 12.2 Å². The van der Waals surface area contributed by atoms with Gasteiger partial charge in [-0.1, -0.05) is 6.92 Å². The molecule has 0 aromatic carbocycles. The highest BCUT2D eigenvalue weighted by Gasteiger charge is 2.07. The molecule has 1 heterocycles. The summed E-state index contributed by atoms with van der Waals surface area (Å²) in [5, 5.41) is 16.7. The largest absolute Gasteiger partial charge is 0.392 e. The van der Waals surface area contributed by atoms with Gasteiger partial charge in [-0.2, -0.15) is 5.10 Å². The predicted molar refractivity (Wildman–Crippen MR) is 58.4 cm³/mol. The third-order valence-electron chi connectivity index (χ3n) is 2.27. The summed E-state index contributed by atoms with van der Waals surface area (Å²) < 4.78 is 1.88. The van der Waals surface area contributed by atoms with Gasteiger partial charge in [-0.3, -0.25) is 0 Å². The van der Waals surface area contributed by atoms with E-state index in [-0.39, 0.29) is 6.10 Å². The van der Waals surface area contributed by atoms with Gasteiger partial charge in [0, 0.05) is 12.6 Å². The van der Waals surface area contributed by atoms with Crippen LogP contribution >= 0.6 is 0 Å². The molecule has 0 aliphatic rings. The molecule has 0 saturated heterocycles. The number of nitrogens with one attached hydrogen (secondary N) is 1. The van der Waals surface area contributed by atoms with Crippen LogP contribution in [0.2, 0.25) is 0 Å². The molecule has 1 unspecified atom stereocenters. The van der Waals surface area contributed by atoms with Crippen LogP contribution in [-0.2, 0) is 6.54 Å². The van der Waals surface area contributed by atoms with Crippen molar-refractivity contribution in [3.63, 3.8) is 0 Å². The minimum atomic E-state index is -0.277. The molecule has 0 aliphatic carbocycles. The van der Waals surface area contributed by atoms with E-state index in [1.165, 1.54) is 0 Å². The standard InChI is InChI=1S/C10H20N4O/c1-4-9(15)5-11-6-10-12-7-13-14(10)8(2)3/h7-9,11,15H,4-6H2,1-3H3. The first-order valence-electron chi connectivity index (χ1n) is 5.42. The van der Waals surface area contributed by atoms with Gasteiger partial charge in [-0.15, -0.1) is 0 Å². The molecule has 5 nitrogen and oxygen atoms in total. The van der Waals surface area contributed by atoms with E-state index >= 15 is 0 Å². The van der Waals surface area contributed by atoms with Gasteiger partial charge in [0.1, 0.15) is 12.2 Å². The second-order valence-corrected chi connectivity index (χ2v) is 3.91. The lowest BCUT2D eigenvalue weighted by atomic mass is 10.3. The van der Waals surface area contributed by atoms with Crippen LogP contribution < -0.4 is 5.32 Å². The van der Waals surface area contributed by atoms with Crippen molar-refractivity contribution >= 4 is 0 Å². The van der Waals surface area contributed by atoms with E-state index in [1.807, 2.05) is 11.6 Å². The molecule has 1 atom stereocenters. The minimum absolute atomic E-state index is 0.277. The van der Waals surface area contributed by atoms with Crippen LogP contribution in [0.4, 0.5) is 0 Å². The van der Waals surface area contributed by atoms with Crippen LogP contribution in [-0.4, -0.2) is 32.5 Å². The number of hydrogen-bond acceptors (Lipinski definition) is 4. The van der Waals surface area contributed by atoms with Crippen molar-refractivity contribution in [3.05, 3.63) is 12.2 Å². The molecular weight excluding hydrogens is 192 g/mol. The van der Waals surface area contributed by atoms with Gasteiger partial charge in [0.05, 0.1) is 12.6 Å². The van der Waals surface area contributed by atoms with E-state index in [0.29, 0.717) is 19.1 Å². The SMILES string of the molecule is CCC(O)CNCc1ncnn1C(C)C. The summed E-state index contributed by atoms with van der Waals surface area (Å²) in [6, 6.07) is 0.320. The Morgan fingerprint density at radius 1 is 1.53 bits per heavy atom. The molecule has 0 saturated carbocycles. The van der Waals surface area contributed by atoms with Crippen molar-refractivity contribution < 1.29 is 5.11 Å². The Labute approximate surface area is 90.5 Å². The first-order chi connectivity index (χ1) is 7.15. The van der Waals surface area contributed by atoms with Crippen LogP contribution in [0, 0.1) is 0 Å². The summed E-state index contributed by atoms with van der Waals surface area (Å²) in [7, 11) is 0. The van der Waals surface area contributed by atoms with Gasteiger partial charge >= 0.3 is 0 Å². The van der Waals surface area contributed by atoms with Gasteiger partial charge in [0.2, 0.25) is 0 Å². The van der Waals surface area contributed by atoms with Crippen LogP contribution in [0.25, 0.3) is 0 Å². The third-order valence-corrected chi connectivity index (χ3v) is 2.27. The maximum absolute atomic E-state index is 9.36. The number of nitrogens with zero attached hydrogens (tertiary/aromatic N) is 3. The monoisotopic (exact) mass is 212 g/mol. The van der Waals surface area contributed by atoms with E-state index in [1.54, 1.807) is 6.33 Å². The Morgan fingerprint density at radius 2 is 2.27 bits per heavy atom. The summed E-state index contributed by atoms with van der Waals surface area (Å²) in [6.07, 6.45) is 2.05. The molecule has 1 rings (SSSR count). The zero-order valence-corrected chi connectivity index (χ0v) is 9.64. The van der Waals surface area contributed by atoms with E-state index in [2.05, 4.69) is 29.2 Å². The van der Waals surface area contributed by atoms with Gasteiger partial charge in [0.25, 0.3) is 0 Å². The molecule has 0 fully saturated rings. The molecule has 0 radical (unpaired) electrons. The van der Waals surface area contributed by atoms with Gasteiger partial charge in [-0.05, 0) is 20.3 Å². The second kappa shape index (κ2) is 5.82. The lowest BCUT2D eigenvalue weighted by Crippen LogP contribution is -2.27. The quantitative estimate of drug-likeness (QED) is 0.729. The second-order valence-electron chi connectivity index (χ2n) is 3.91. The van der Waals surface area contributed by atoms with Crippen molar-refractivity contribution in [3.8, 4) is 0 Å². The average molecular weight is 212 g/mol. The summed E-state index contributed by atoms with van der Waals surface area (Å²) >= 11 is 0. The van der Waals surface area contributed by atoms with Crippen molar-refractivity contribution in [1.82, 2.24) is 20.1 Å². The maximum Gasteiger partial charge on any atom is 0.141 e. The molecule has 0 aliphatic heterocycles. The van der Waals surface area contributed by atoms with Crippen LogP contribution in [0.5, 0.6) is 0 Å². The highest BCUT2D eigenvalue weighted by molar-refractivity contribution is 4.85. The molecule has 86 valence electrons. The van der Waals surface area contributed by atoms with Crippen LogP contribution in [0.15, 0.2) is 6.33 Å². The number of rotatable bonds is 6. The molecule has 0 amide bonds. The number of aromatic nitrogens is 3. The summed E-state index contributed by atoms with van der Waals surface area (Å²) in [5.41, 5.74) is 0. The topological polar surface area (TPSA) is 63.0 Å². The number of aliphatic hydroxyl groups excluding tert-OH is 1. The minimum Gasteiger partial charge on any atom is -0.392 e. The molecule has 0 spiro atoms. The Balaban J connectivity index is 2.40. The molecule has 2 N–H and O–H groups in total. The number of aliphatic hydroxyl groups is 1. The first-order valence-corrected chi connectivity index (χ1v) is 5.42. The Morgan fingerprint density at radius 3 is 2.87 bits per heavy atom. The van der Waals surface area contributed by atoms with Crippen molar-refractivity contribution in [2.45, 2.75) is 45.9 Å². The van der Waals surface area contributed by atoms with Crippen LogP contribution in [0.3, 0.4) is 0 Å². The van der Waals surface area contributed by atoms with E-state index in [9.17, 15) is 5.11 Å². The fraction of sp³-hybridized carbons (Fsp3) is 0.800. The van der Waals surface area contributed by atoms with Crippen LogP contribution in [0.1, 0.15) is 39.1 Å². The lowest BCUT2D eigenvalue weighted by molar-refractivity contribution is 0.166. The lowest BCUT2D eigenvalue weighted by Gasteiger charge is -2.11. The fourth-order valence-electron chi connectivity index (χ4n) is 1.33. The molecular formula is C10H20N4O. The molecule has 0 bridgehead atoms. The predicted octanol–water partition coefficient (Wildman–Crippen LogP) is 0.719. The summed E-state index contributed by atoms with van der Waals surface area (Å²) in [6.45, 7) is 7.35. The van der Waals surface area contributed by atoms with Gasteiger partial charge < -0.3 is 10.4 Å². The number of hydrogen-bond donors (Lipinski definition) is 2. The molecule has 5 heteroatoms.